The summed E-state index contributed by atoms with van der Waals surface area (Å²) in [5.74, 6) is 0.0388. The molecule has 0 N–H and O–H groups in total. The van der Waals surface area contributed by atoms with Gasteiger partial charge in [-0.05, 0) is 26.7 Å². The van der Waals surface area contributed by atoms with Crippen molar-refractivity contribution in [2.45, 2.75) is 32.3 Å². The highest BCUT2D eigenvalue weighted by Crippen LogP contribution is 2.17. The van der Waals surface area contributed by atoms with Crippen molar-refractivity contribution in [2.75, 3.05) is 11.9 Å². The van der Waals surface area contributed by atoms with Gasteiger partial charge in [0, 0.05) is 17.5 Å². The number of halogens is 1. The standard InChI is InChI=1S/C14H19BrO2/c1-14(2,17-11-7-6-10-15)13(16)12-8-4-3-5-9-12/h3-5,8-9H,6-7,10-11H2,1-2H3. The summed E-state index contributed by atoms with van der Waals surface area (Å²) in [6.45, 7) is 4.28. The van der Waals surface area contributed by atoms with E-state index in [0.717, 1.165) is 18.2 Å². The van der Waals surface area contributed by atoms with Crippen LogP contribution >= 0.6 is 15.9 Å². The molecule has 0 aliphatic carbocycles. The second-order valence-corrected chi connectivity index (χ2v) is 5.24. The fraction of sp³-hybridized carbons (Fsp3) is 0.500. The van der Waals surface area contributed by atoms with Crippen molar-refractivity contribution in [3.63, 3.8) is 0 Å². The zero-order valence-corrected chi connectivity index (χ0v) is 12.0. The number of carbonyl (C=O) groups excluding carboxylic acids is 1. The van der Waals surface area contributed by atoms with E-state index in [1.807, 2.05) is 44.2 Å². The lowest BCUT2D eigenvalue weighted by Gasteiger charge is -2.23. The second kappa shape index (κ2) is 6.92. The maximum Gasteiger partial charge on any atom is 0.194 e. The summed E-state index contributed by atoms with van der Waals surface area (Å²) in [5.41, 5.74) is -0.0359. The van der Waals surface area contributed by atoms with Crippen molar-refractivity contribution in [1.82, 2.24) is 0 Å². The summed E-state index contributed by atoms with van der Waals surface area (Å²) in [5, 5.41) is 0.976. The summed E-state index contributed by atoms with van der Waals surface area (Å²) >= 11 is 3.37. The molecule has 0 unspecified atom stereocenters. The first kappa shape index (κ1) is 14.4. The van der Waals surface area contributed by atoms with E-state index in [1.165, 1.54) is 0 Å². The molecular formula is C14H19BrO2. The molecule has 0 aliphatic rings. The summed E-state index contributed by atoms with van der Waals surface area (Å²) < 4.78 is 5.68. The van der Waals surface area contributed by atoms with Crippen LogP contribution in [-0.4, -0.2) is 23.3 Å². The normalized spacial score (nSPS) is 11.5. The van der Waals surface area contributed by atoms with Crippen LogP contribution in [-0.2, 0) is 4.74 Å². The van der Waals surface area contributed by atoms with Crippen LogP contribution in [0.2, 0.25) is 0 Å². The first-order chi connectivity index (χ1) is 8.08. The predicted molar refractivity (Wildman–Crippen MR) is 73.8 cm³/mol. The number of alkyl halides is 1. The van der Waals surface area contributed by atoms with Crippen molar-refractivity contribution in [1.29, 1.82) is 0 Å². The molecule has 0 fully saturated rings. The Kier molecular flexibility index (Phi) is 5.86. The summed E-state index contributed by atoms with van der Waals surface area (Å²) in [4.78, 5) is 12.2. The lowest BCUT2D eigenvalue weighted by molar-refractivity contribution is -0.00537. The first-order valence-corrected chi connectivity index (χ1v) is 7.00. The third-order valence-electron chi connectivity index (χ3n) is 2.57. The topological polar surface area (TPSA) is 26.3 Å². The van der Waals surface area contributed by atoms with Crippen molar-refractivity contribution in [3.8, 4) is 0 Å². The SMILES string of the molecule is CC(C)(OCCCCBr)C(=O)c1ccccc1. The van der Waals surface area contributed by atoms with Crippen molar-refractivity contribution < 1.29 is 9.53 Å². The number of Topliss-reactive ketones (excluding diaryl/α,β-unsaturated/α-hetero) is 1. The van der Waals surface area contributed by atoms with Gasteiger partial charge in [0.05, 0.1) is 0 Å². The number of carbonyl (C=O) groups is 1. The summed E-state index contributed by atoms with van der Waals surface area (Å²) in [6, 6.07) is 9.29. The van der Waals surface area contributed by atoms with Gasteiger partial charge >= 0.3 is 0 Å². The third kappa shape index (κ3) is 4.60. The Morgan fingerprint density at radius 1 is 1.24 bits per heavy atom. The molecule has 0 saturated heterocycles. The maximum atomic E-state index is 12.2. The van der Waals surface area contributed by atoms with Gasteiger partial charge in [-0.25, -0.2) is 0 Å². The molecule has 0 atom stereocenters. The van der Waals surface area contributed by atoms with Crippen LogP contribution in [0.1, 0.15) is 37.0 Å². The Labute approximate surface area is 111 Å². The van der Waals surface area contributed by atoms with E-state index in [2.05, 4.69) is 15.9 Å². The molecule has 0 spiro atoms. The lowest BCUT2D eigenvalue weighted by Crippen LogP contribution is -2.35. The average molecular weight is 299 g/mol. The molecule has 0 amide bonds. The smallest absolute Gasteiger partial charge is 0.194 e. The molecule has 0 aliphatic heterocycles. The number of rotatable bonds is 7. The van der Waals surface area contributed by atoms with Crippen molar-refractivity contribution in [3.05, 3.63) is 35.9 Å². The summed E-state index contributed by atoms with van der Waals surface area (Å²) in [7, 11) is 0. The number of unbranched alkanes of at least 4 members (excludes halogenated alkanes) is 1. The lowest BCUT2D eigenvalue weighted by atomic mass is 9.96. The molecule has 94 valence electrons. The number of hydrogen-bond donors (Lipinski definition) is 0. The number of ether oxygens (including phenoxy) is 1. The fourth-order valence-corrected chi connectivity index (χ4v) is 1.92. The molecule has 0 radical (unpaired) electrons. The fourth-order valence-electron chi connectivity index (χ4n) is 1.53. The van der Waals surface area contributed by atoms with E-state index in [0.29, 0.717) is 12.2 Å². The van der Waals surface area contributed by atoms with Crippen LogP contribution < -0.4 is 0 Å². The minimum absolute atomic E-state index is 0.0388. The molecule has 0 aromatic heterocycles. The highest BCUT2D eigenvalue weighted by atomic mass is 79.9. The molecular weight excluding hydrogens is 280 g/mol. The zero-order valence-electron chi connectivity index (χ0n) is 10.4. The van der Waals surface area contributed by atoms with Crippen LogP contribution in [0.3, 0.4) is 0 Å². The highest BCUT2D eigenvalue weighted by molar-refractivity contribution is 9.09. The van der Waals surface area contributed by atoms with Gasteiger partial charge in [-0.15, -0.1) is 0 Å². The molecule has 2 nitrogen and oxygen atoms in total. The molecule has 1 aromatic rings. The Bertz CT molecular complexity index is 346. The molecule has 1 aromatic carbocycles. The van der Waals surface area contributed by atoms with Gasteiger partial charge in [-0.1, -0.05) is 46.3 Å². The maximum absolute atomic E-state index is 12.2. The quantitative estimate of drug-likeness (QED) is 0.434. The number of benzene rings is 1. The predicted octanol–water partition coefficient (Wildman–Crippen LogP) is 3.84. The van der Waals surface area contributed by atoms with Gasteiger partial charge in [0.15, 0.2) is 5.78 Å². The Balaban J connectivity index is 2.55. The zero-order chi connectivity index (χ0) is 12.7. The monoisotopic (exact) mass is 298 g/mol. The molecule has 3 heteroatoms. The second-order valence-electron chi connectivity index (χ2n) is 4.45. The molecule has 1 rings (SSSR count). The summed E-state index contributed by atoms with van der Waals surface area (Å²) in [6.07, 6.45) is 2.03. The van der Waals surface area contributed by atoms with Gasteiger partial charge in [-0.3, -0.25) is 4.79 Å². The van der Waals surface area contributed by atoms with E-state index in [-0.39, 0.29) is 5.78 Å². The van der Waals surface area contributed by atoms with Crippen LogP contribution in [0.4, 0.5) is 0 Å². The van der Waals surface area contributed by atoms with E-state index in [9.17, 15) is 4.79 Å². The number of ketones is 1. The largest absolute Gasteiger partial charge is 0.367 e. The Morgan fingerprint density at radius 2 is 1.88 bits per heavy atom. The van der Waals surface area contributed by atoms with Crippen LogP contribution in [0.5, 0.6) is 0 Å². The van der Waals surface area contributed by atoms with Gasteiger partial charge < -0.3 is 4.74 Å². The van der Waals surface area contributed by atoms with Crippen LogP contribution in [0.15, 0.2) is 30.3 Å². The van der Waals surface area contributed by atoms with Crippen LogP contribution in [0.25, 0.3) is 0 Å². The minimum Gasteiger partial charge on any atom is -0.367 e. The molecule has 0 heterocycles. The Morgan fingerprint density at radius 3 is 2.47 bits per heavy atom. The van der Waals surface area contributed by atoms with E-state index < -0.39 is 5.60 Å². The Hall–Kier alpha value is -0.670. The first-order valence-electron chi connectivity index (χ1n) is 5.87. The van der Waals surface area contributed by atoms with E-state index >= 15 is 0 Å². The van der Waals surface area contributed by atoms with E-state index in [1.54, 1.807) is 0 Å². The van der Waals surface area contributed by atoms with Gasteiger partial charge in [0.2, 0.25) is 0 Å². The van der Waals surface area contributed by atoms with Gasteiger partial charge in [-0.2, -0.15) is 0 Å². The highest BCUT2D eigenvalue weighted by Gasteiger charge is 2.28. The van der Waals surface area contributed by atoms with Gasteiger partial charge in [0.25, 0.3) is 0 Å². The van der Waals surface area contributed by atoms with Crippen molar-refractivity contribution >= 4 is 21.7 Å². The number of hydrogen-bond acceptors (Lipinski definition) is 2. The molecule has 0 saturated carbocycles. The van der Waals surface area contributed by atoms with Gasteiger partial charge in [0.1, 0.15) is 5.60 Å². The van der Waals surface area contributed by atoms with E-state index in [4.69, 9.17) is 4.74 Å². The third-order valence-corrected chi connectivity index (χ3v) is 3.13. The van der Waals surface area contributed by atoms with Crippen LogP contribution in [0, 0.1) is 0 Å². The minimum atomic E-state index is -0.742. The van der Waals surface area contributed by atoms with Crippen molar-refractivity contribution in [2.24, 2.45) is 0 Å². The molecule has 17 heavy (non-hydrogen) atoms. The molecule has 0 bridgehead atoms. The average Bonchev–Trinajstić information content (AvgIpc) is 2.35.